The molecule has 2 aliphatic carbocycles. The lowest BCUT2D eigenvalue weighted by Gasteiger charge is -2.36. The van der Waals surface area contributed by atoms with Crippen LogP contribution in [0.4, 0.5) is 0 Å². The smallest absolute Gasteiger partial charge is 0.245 e. The van der Waals surface area contributed by atoms with E-state index in [4.69, 9.17) is 0 Å². The Kier molecular flexibility index (Phi) is 4.92. The highest BCUT2D eigenvalue weighted by Gasteiger charge is 2.55. The van der Waals surface area contributed by atoms with Crippen molar-refractivity contribution < 1.29 is 9.59 Å². The zero-order valence-electron chi connectivity index (χ0n) is 17.8. The Morgan fingerprint density at radius 3 is 2.24 bits per heavy atom. The molecule has 0 bridgehead atoms. The number of fused-ring (bicyclic) bond motifs is 1. The van der Waals surface area contributed by atoms with Gasteiger partial charge in [-0.15, -0.1) is 0 Å². The molecule has 2 saturated carbocycles. The summed E-state index contributed by atoms with van der Waals surface area (Å²) in [5, 5.41) is 0. The fourth-order valence-electron chi connectivity index (χ4n) is 6.53. The molecule has 2 amide bonds. The number of amides is 2. The number of hydrogen-bond donors (Lipinski definition) is 0. The van der Waals surface area contributed by atoms with Crippen LogP contribution in [0.5, 0.6) is 0 Å². The number of carbonyl (C=O) groups is 2. The van der Waals surface area contributed by atoms with Gasteiger partial charge in [-0.2, -0.15) is 0 Å². The van der Waals surface area contributed by atoms with Gasteiger partial charge in [-0.3, -0.25) is 9.59 Å². The number of benzene rings is 1. The SMILES string of the molecule is CC1CCC(C)N1C(=O)[C@@H]1C[C@@H]2CCCC[C@@H]2N1C(=O)[C@@H]1C[C@@H]1c1ccccc1. The van der Waals surface area contributed by atoms with Crippen LogP contribution in [0.25, 0.3) is 0 Å². The number of nitrogens with zero attached hydrogens (tertiary/aromatic N) is 2. The van der Waals surface area contributed by atoms with Gasteiger partial charge in [0.15, 0.2) is 0 Å². The second-order valence-electron chi connectivity index (χ2n) is 9.99. The van der Waals surface area contributed by atoms with Crippen LogP contribution in [0.1, 0.15) is 76.7 Å². The van der Waals surface area contributed by atoms with E-state index in [9.17, 15) is 9.59 Å². The maximum atomic E-state index is 13.7. The van der Waals surface area contributed by atoms with Crippen LogP contribution in [0.2, 0.25) is 0 Å². The van der Waals surface area contributed by atoms with Crippen molar-refractivity contribution in [2.24, 2.45) is 11.8 Å². The zero-order valence-corrected chi connectivity index (χ0v) is 17.8. The minimum atomic E-state index is -0.226. The van der Waals surface area contributed by atoms with E-state index in [1.165, 1.54) is 24.8 Å². The topological polar surface area (TPSA) is 40.6 Å². The largest absolute Gasteiger partial charge is 0.335 e. The first-order valence-electron chi connectivity index (χ1n) is 11.8. The van der Waals surface area contributed by atoms with E-state index in [0.717, 1.165) is 32.1 Å². The molecule has 0 spiro atoms. The summed E-state index contributed by atoms with van der Waals surface area (Å²) in [5.74, 6) is 1.41. The first-order chi connectivity index (χ1) is 14.1. The van der Waals surface area contributed by atoms with Gasteiger partial charge in [0.25, 0.3) is 0 Å². The molecule has 2 unspecified atom stereocenters. The zero-order chi connectivity index (χ0) is 20.1. The van der Waals surface area contributed by atoms with Crippen molar-refractivity contribution in [1.29, 1.82) is 0 Å². The molecule has 2 saturated heterocycles. The van der Waals surface area contributed by atoms with E-state index in [0.29, 0.717) is 23.9 Å². The van der Waals surface area contributed by atoms with E-state index >= 15 is 0 Å². The molecule has 4 heteroatoms. The van der Waals surface area contributed by atoms with Crippen molar-refractivity contribution in [1.82, 2.24) is 9.80 Å². The third kappa shape index (κ3) is 3.29. The number of hydrogen-bond acceptors (Lipinski definition) is 2. The molecule has 2 heterocycles. The first-order valence-corrected chi connectivity index (χ1v) is 11.8. The summed E-state index contributed by atoms with van der Waals surface area (Å²) in [6, 6.07) is 11.1. The van der Waals surface area contributed by atoms with Gasteiger partial charge in [-0.25, -0.2) is 0 Å². The van der Waals surface area contributed by atoms with E-state index in [1.807, 2.05) is 6.07 Å². The normalized spacial score (nSPS) is 38.8. The lowest BCUT2D eigenvalue weighted by Crippen LogP contribution is -2.53. The fraction of sp³-hybridized carbons (Fsp3) is 0.680. The molecule has 0 N–H and O–H groups in total. The highest BCUT2D eigenvalue weighted by atomic mass is 16.2. The Bertz CT molecular complexity index is 768. The van der Waals surface area contributed by atoms with Gasteiger partial charge in [0.05, 0.1) is 0 Å². The lowest BCUT2D eigenvalue weighted by molar-refractivity contribution is -0.148. The van der Waals surface area contributed by atoms with E-state index < -0.39 is 0 Å². The number of rotatable bonds is 3. The Morgan fingerprint density at radius 2 is 1.52 bits per heavy atom. The summed E-state index contributed by atoms with van der Waals surface area (Å²) in [7, 11) is 0. The van der Waals surface area contributed by atoms with E-state index in [1.54, 1.807) is 0 Å². The maximum absolute atomic E-state index is 13.7. The van der Waals surface area contributed by atoms with Crippen LogP contribution >= 0.6 is 0 Å². The van der Waals surface area contributed by atoms with Crippen LogP contribution in [0.15, 0.2) is 30.3 Å². The van der Waals surface area contributed by atoms with Crippen LogP contribution in [0.3, 0.4) is 0 Å². The molecule has 0 aromatic heterocycles. The molecule has 29 heavy (non-hydrogen) atoms. The summed E-state index contributed by atoms with van der Waals surface area (Å²) in [4.78, 5) is 31.5. The molecule has 156 valence electrons. The molecule has 0 radical (unpaired) electrons. The van der Waals surface area contributed by atoms with Crippen LogP contribution in [-0.2, 0) is 9.59 Å². The second-order valence-corrected chi connectivity index (χ2v) is 9.99. The molecule has 5 rings (SSSR count). The van der Waals surface area contributed by atoms with Gasteiger partial charge < -0.3 is 9.80 Å². The van der Waals surface area contributed by atoms with Crippen molar-refractivity contribution in [2.75, 3.05) is 0 Å². The molecule has 1 aromatic carbocycles. The fourth-order valence-corrected chi connectivity index (χ4v) is 6.53. The average molecular weight is 395 g/mol. The Labute approximate surface area is 174 Å². The first kappa shape index (κ1) is 19.1. The Hall–Kier alpha value is -1.84. The van der Waals surface area contributed by atoms with Crippen molar-refractivity contribution in [3.63, 3.8) is 0 Å². The van der Waals surface area contributed by atoms with Crippen molar-refractivity contribution in [3.05, 3.63) is 35.9 Å². The van der Waals surface area contributed by atoms with Crippen LogP contribution in [-0.4, -0.2) is 45.8 Å². The number of carbonyl (C=O) groups excluding carboxylic acids is 2. The molecular formula is C25H34N2O2. The van der Waals surface area contributed by atoms with Gasteiger partial charge in [-0.1, -0.05) is 43.2 Å². The molecular weight excluding hydrogens is 360 g/mol. The minimum Gasteiger partial charge on any atom is -0.335 e. The summed E-state index contributed by atoms with van der Waals surface area (Å²) < 4.78 is 0. The predicted molar refractivity (Wildman–Crippen MR) is 113 cm³/mol. The molecule has 2 aliphatic heterocycles. The van der Waals surface area contributed by atoms with E-state index in [2.05, 4.69) is 47.9 Å². The van der Waals surface area contributed by atoms with Crippen LogP contribution in [0, 0.1) is 11.8 Å². The third-order valence-corrected chi connectivity index (χ3v) is 8.17. The summed E-state index contributed by atoms with van der Waals surface area (Å²) in [6.07, 6.45) is 8.68. The van der Waals surface area contributed by atoms with Crippen molar-refractivity contribution >= 4 is 11.8 Å². The quantitative estimate of drug-likeness (QED) is 0.765. The maximum Gasteiger partial charge on any atom is 0.245 e. The van der Waals surface area contributed by atoms with Crippen molar-refractivity contribution in [2.45, 2.75) is 95.3 Å². The standard InChI is InChI=1S/C25H34N2O2/c1-16-12-13-17(2)26(16)25(29)23-14-19-10-6-7-11-22(19)27(23)24(28)21-15-20(21)18-8-4-3-5-9-18/h3-5,8-9,16-17,19-23H,6-7,10-15H2,1-2H3/t16?,17?,19-,20+,21+,22-,23-/m0/s1. The molecule has 7 atom stereocenters. The molecule has 4 fully saturated rings. The molecule has 4 aliphatic rings. The lowest BCUT2D eigenvalue weighted by atomic mass is 9.84. The van der Waals surface area contributed by atoms with Gasteiger partial charge in [0.2, 0.25) is 11.8 Å². The van der Waals surface area contributed by atoms with Crippen molar-refractivity contribution in [3.8, 4) is 0 Å². The Morgan fingerprint density at radius 1 is 0.828 bits per heavy atom. The minimum absolute atomic E-state index is 0.0711. The highest BCUT2D eigenvalue weighted by molar-refractivity contribution is 5.91. The summed E-state index contributed by atoms with van der Waals surface area (Å²) in [6.45, 7) is 4.34. The van der Waals surface area contributed by atoms with E-state index in [-0.39, 0.29) is 29.8 Å². The predicted octanol–water partition coefficient (Wildman–Crippen LogP) is 4.35. The molecule has 1 aromatic rings. The third-order valence-electron chi connectivity index (χ3n) is 8.17. The van der Waals surface area contributed by atoms with Gasteiger partial charge in [0.1, 0.15) is 6.04 Å². The number of likely N-dealkylation sites (tertiary alicyclic amines) is 2. The average Bonchev–Trinajstić information content (AvgIpc) is 3.35. The molecule has 4 nitrogen and oxygen atoms in total. The summed E-state index contributed by atoms with van der Waals surface area (Å²) >= 11 is 0. The highest BCUT2D eigenvalue weighted by Crippen LogP contribution is 2.51. The van der Waals surface area contributed by atoms with Gasteiger partial charge in [0, 0.05) is 24.0 Å². The van der Waals surface area contributed by atoms with Crippen LogP contribution < -0.4 is 0 Å². The monoisotopic (exact) mass is 394 g/mol. The summed E-state index contributed by atoms with van der Waals surface area (Å²) in [5.41, 5.74) is 1.27. The van der Waals surface area contributed by atoms with Gasteiger partial charge >= 0.3 is 0 Å². The second kappa shape index (κ2) is 7.45. The Balaban J connectivity index is 1.39. The van der Waals surface area contributed by atoms with Gasteiger partial charge in [-0.05, 0) is 69.8 Å².